The highest BCUT2D eigenvalue weighted by atomic mass is 35.5. The van der Waals surface area contributed by atoms with Crippen LogP contribution < -0.4 is 5.32 Å². The van der Waals surface area contributed by atoms with Crippen LogP contribution in [0.25, 0.3) is 0 Å². The van der Waals surface area contributed by atoms with Crippen molar-refractivity contribution in [2.24, 2.45) is 0 Å². The molecular weight excluding hydrogens is 238 g/mol. The highest BCUT2D eigenvalue weighted by Gasteiger charge is 2.21. The minimum absolute atomic E-state index is 0.267. The maximum atomic E-state index is 10.1. The first-order valence-corrected chi connectivity index (χ1v) is 5.94. The molecule has 4 nitrogen and oxygen atoms in total. The van der Waals surface area contributed by atoms with Gasteiger partial charge in [-0.15, -0.1) is 0 Å². The van der Waals surface area contributed by atoms with Crippen molar-refractivity contribution >= 4 is 17.4 Å². The average molecular weight is 254 g/mol. The Hall–Kier alpha value is -1.31. The Morgan fingerprint density at radius 1 is 1.47 bits per heavy atom. The third-order valence-corrected chi connectivity index (χ3v) is 3.03. The molecule has 0 spiro atoms. The molecule has 1 aromatic rings. The summed E-state index contributed by atoms with van der Waals surface area (Å²) in [4.78, 5) is 4.05. The lowest BCUT2D eigenvalue weighted by molar-refractivity contribution is 0.0456. The number of aromatic nitrogens is 1. The van der Waals surface area contributed by atoms with Gasteiger partial charge in [-0.2, -0.15) is 5.26 Å². The monoisotopic (exact) mass is 253 g/mol. The molecule has 0 aliphatic carbocycles. The summed E-state index contributed by atoms with van der Waals surface area (Å²) in [6, 6.07) is 5.11. The first kappa shape index (κ1) is 13.8. The van der Waals surface area contributed by atoms with E-state index < -0.39 is 5.60 Å². The van der Waals surface area contributed by atoms with Gasteiger partial charge < -0.3 is 10.4 Å². The number of halogens is 1. The smallest absolute Gasteiger partial charge is 0.132 e. The maximum absolute atomic E-state index is 10.1. The summed E-state index contributed by atoms with van der Waals surface area (Å²) < 4.78 is 0. The Bertz CT molecular complexity index is 424. The third kappa shape index (κ3) is 3.88. The van der Waals surface area contributed by atoms with Crippen LogP contribution in [0.3, 0.4) is 0 Å². The lowest BCUT2D eigenvalue weighted by Gasteiger charge is -2.25. The SMILES string of the molecule is CCC(O)(CC)CNc1cc(C#N)cc(Cl)n1. The molecule has 0 aliphatic heterocycles. The molecule has 2 N–H and O–H groups in total. The third-order valence-electron chi connectivity index (χ3n) is 2.84. The molecule has 0 saturated carbocycles. The van der Waals surface area contributed by atoms with Gasteiger partial charge in [-0.05, 0) is 25.0 Å². The van der Waals surface area contributed by atoms with E-state index in [-0.39, 0.29) is 5.15 Å². The van der Waals surface area contributed by atoms with E-state index >= 15 is 0 Å². The van der Waals surface area contributed by atoms with E-state index in [0.717, 1.165) is 0 Å². The van der Waals surface area contributed by atoms with Crippen LogP contribution in [0.15, 0.2) is 12.1 Å². The van der Waals surface area contributed by atoms with Crippen molar-refractivity contribution in [3.05, 3.63) is 22.8 Å². The fourth-order valence-electron chi connectivity index (χ4n) is 1.41. The highest BCUT2D eigenvalue weighted by Crippen LogP contribution is 2.18. The van der Waals surface area contributed by atoms with Crippen LogP contribution >= 0.6 is 11.6 Å². The van der Waals surface area contributed by atoms with Crippen molar-refractivity contribution in [3.63, 3.8) is 0 Å². The van der Waals surface area contributed by atoms with Gasteiger partial charge in [0.1, 0.15) is 11.0 Å². The summed E-state index contributed by atoms with van der Waals surface area (Å²) in [5.74, 6) is 0.509. The second-order valence-electron chi connectivity index (χ2n) is 3.96. The molecule has 0 saturated heterocycles. The highest BCUT2D eigenvalue weighted by molar-refractivity contribution is 6.29. The molecular formula is C12H16ClN3O. The molecule has 5 heteroatoms. The first-order chi connectivity index (χ1) is 8.03. The largest absolute Gasteiger partial charge is 0.388 e. The number of nitriles is 1. The van der Waals surface area contributed by atoms with Crippen LogP contribution in [0, 0.1) is 11.3 Å². The summed E-state index contributed by atoms with van der Waals surface area (Å²) in [6.45, 7) is 4.24. The molecule has 0 unspecified atom stereocenters. The Balaban J connectivity index is 2.76. The molecule has 92 valence electrons. The molecule has 0 bridgehead atoms. The molecule has 17 heavy (non-hydrogen) atoms. The van der Waals surface area contributed by atoms with Crippen LogP contribution in [0.4, 0.5) is 5.82 Å². The number of hydrogen-bond donors (Lipinski definition) is 2. The van der Waals surface area contributed by atoms with Gasteiger partial charge in [0.05, 0.1) is 17.2 Å². The van der Waals surface area contributed by atoms with Gasteiger partial charge in [0, 0.05) is 6.54 Å². The van der Waals surface area contributed by atoms with Gasteiger partial charge >= 0.3 is 0 Å². The van der Waals surface area contributed by atoms with Gasteiger partial charge in [0.15, 0.2) is 0 Å². The number of rotatable bonds is 5. The summed E-state index contributed by atoms with van der Waals surface area (Å²) in [6.07, 6.45) is 1.31. The number of anilines is 1. The van der Waals surface area contributed by atoms with Crippen molar-refractivity contribution in [1.29, 1.82) is 5.26 Å². The van der Waals surface area contributed by atoms with E-state index in [1.807, 2.05) is 19.9 Å². The van der Waals surface area contributed by atoms with Gasteiger partial charge in [-0.1, -0.05) is 25.4 Å². The summed E-state index contributed by atoms with van der Waals surface area (Å²) in [5.41, 5.74) is -0.305. The predicted molar refractivity (Wildman–Crippen MR) is 68.0 cm³/mol. The van der Waals surface area contributed by atoms with E-state index in [1.54, 1.807) is 6.07 Å². The second-order valence-corrected chi connectivity index (χ2v) is 4.35. The second kappa shape index (κ2) is 5.85. The van der Waals surface area contributed by atoms with Crippen molar-refractivity contribution in [1.82, 2.24) is 4.98 Å². The number of nitrogens with one attached hydrogen (secondary N) is 1. The minimum Gasteiger partial charge on any atom is -0.388 e. The summed E-state index contributed by atoms with van der Waals surface area (Å²) in [5, 5.41) is 22.2. The molecule has 0 radical (unpaired) electrons. The fraction of sp³-hybridized carbons (Fsp3) is 0.500. The van der Waals surface area contributed by atoms with Crippen molar-refractivity contribution in [3.8, 4) is 6.07 Å². The van der Waals surface area contributed by atoms with Crippen LogP contribution in [0.2, 0.25) is 5.15 Å². The minimum atomic E-state index is -0.753. The van der Waals surface area contributed by atoms with E-state index in [2.05, 4.69) is 10.3 Å². The first-order valence-electron chi connectivity index (χ1n) is 5.57. The normalized spacial score (nSPS) is 11.0. The zero-order chi connectivity index (χ0) is 12.9. The lowest BCUT2D eigenvalue weighted by atomic mass is 9.98. The Kier molecular flexibility index (Phi) is 4.73. The van der Waals surface area contributed by atoms with E-state index in [1.165, 1.54) is 6.07 Å². The Labute approximate surface area is 106 Å². The number of nitrogens with zero attached hydrogens (tertiary/aromatic N) is 2. The van der Waals surface area contributed by atoms with Crippen LogP contribution in [0.5, 0.6) is 0 Å². The number of aliphatic hydroxyl groups is 1. The zero-order valence-corrected chi connectivity index (χ0v) is 10.8. The van der Waals surface area contributed by atoms with Gasteiger partial charge in [0.25, 0.3) is 0 Å². The van der Waals surface area contributed by atoms with Gasteiger partial charge in [-0.3, -0.25) is 0 Å². The molecule has 1 aromatic heterocycles. The van der Waals surface area contributed by atoms with Crippen molar-refractivity contribution in [2.75, 3.05) is 11.9 Å². The standard InChI is InChI=1S/C12H16ClN3O/c1-3-12(17,4-2)8-15-11-6-9(7-14)5-10(13)16-11/h5-6,17H,3-4,8H2,1-2H3,(H,15,16). The zero-order valence-electron chi connectivity index (χ0n) is 10.00. The fourth-order valence-corrected chi connectivity index (χ4v) is 1.62. The molecule has 1 rings (SSSR count). The molecule has 0 amide bonds. The van der Waals surface area contributed by atoms with Crippen LogP contribution in [-0.4, -0.2) is 22.2 Å². The average Bonchev–Trinajstić information content (AvgIpc) is 2.35. The Morgan fingerprint density at radius 2 is 2.12 bits per heavy atom. The van der Waals surface area contributed by atoms with Crippen molar-refractivity contribution in [2.45, 2.75) is 32.3 Å². The summed E-state index contributed by atoms with van der Waals surface area (Å²) in [7, 11) is 0. The Morgan fingerprint density at radius 3 is 2.65 bits per heavy atom. The topological polar surface area (TPSA) is 68.9 Å². The van der Waals surface area contributed by atoms with Crippen molar-refractivity contribution < 1.29 is 5.11 Å². The number of pyridine rings is 1. The van der Waals surface area contributed by atoms with Crippen LogP contribution in [0.1, 0.15) is 32.3 Å². The van der Waals surface area contributed by atoms with E-state index in [4.69, 9.17) is 16.9 Å². The van der Waals surface area contributed by atoms with E-state index in [9.17, 15) is 5.11 Å². The molecule has 1 heterocycles. The molecule has 0 fully saturated rings. The van der Waals surface area contributed by atoms with E-state index in [0.29, 0.717) is 30.8 Å². The molecule has 0 atom stereocenters. The lowest BCUT2D eigenvalue weighted by Crippen LogP contribution is -2.35. The molecule has 0 aromatic carbocycles. The summed E-state index contributed by atoms with van der Waals surface area (Å²) >= 11 is 5.78. The van der Waals surface area contributed by atoms with Gasteiger partial charge in [0.2, 0.25) is 0 Å². The molecule has 0 aliphatic rings. The number of hydrogen-bond acceptors (Lipinski definition) is 4. The van der Waals surface area contributed by atoms with Gasteiger partial charge in [-0.25, -0.2) is 4.98 Å². The van der Waals surface area contributed by atoms with Crippen LogP contribution in [-0.2, 0) is 0 Å². The maximum Gasteiger partial charge on any atom is 0.132 e. The quantitative estimate of drug-likeness (QED) is 0.792. The predicted octanol–water partition coefficient (Wildman–Crippen LogP) is 2.57.